The Morgan fingerprint density at radius 1 is 0.963 bits per heavy atom. The van der Waals surface area contributed by atoms with Crippen molar-refractivity contribution in [3.63, 3.8) is 0 Å². The van der Waals surface area contributed by atoms with Crippen LogP contribution in [0.3, 0.4) is 0 Å². The zero-order valence-corrected chi connectivity index (χ0v) is 17.6. The molecular weight excluding hydrogens is 398 g/mol. The third-order valence-corrected chi connectivity index (χ3v) is 5.24. The molecule has 2 aromatic carbocycles. The van der Waals surface area contributed by atoms with Crippen molar-refractivity contribution >= 4 is 21.9 Å². The number of unbranched alkanes of at least 4 members (excludes halogenated alkanes) is 4. The molecule has 3 aromatic rings. The molecule has 0 radical (unpaired) electrons. The minimum absolute atomic E-state index is 0.875. The molecule has 0 fully saturated rings. The van der Waals surface area contributed by atoms with Gasteiger partial charge in [-0.1, -0.05) is 91.0 Å². The molecule has 3 rings (SSSR count). The smallest absolute Gasteiger partial charge is 0.203 e. The Bertz CT molecular complexity index is 813. The van der Waals surface area contributed by atoms with Crippen LogP contribution < -0.4 is 4.90 Å². The maximum atomic E-state index is 4.69. The van der Waals surface area contributed by atoms with Gasteiger partial charge >= 0.3 is 0 Å². The van der Waals surface area contributed by atoms with Crippen molar-refractivity contribution < 1.29 is 0 Å². The number of anilines is 1. The molecule has 0 bridgehead atoms. The molecule has 0 atom stereocenters. The molecule has 0 aliphatic rings. The van der Waals surface area contributed by atoms with E-state index in [4.69, 9.17) is 0 Å². The van der Waals surface area contributed by atoms with Crippen LogP contribution in [-0.4, -0.2) is 16.5 Å². The van der Waals surface area contributed by atoms with E-state index in [0.717, 1.165) is 34.8 Å². The molecule has 0 amide bonds. The average molecular weight is 426 g/mol. The fraction of sp³-hybridized carbons (Fsp3) is 0.348. The number of nitrogens with one attached hydrogen (secondary N) is 1. The number of nitrogens with zero attached hydrogens (tertiary/aromatic N) is 2. The first-order chi connectivity index (χ1) is 13.3. The SMILES string of the molecule is CCCCCCCN(Cc1ccccc1)c1ncc(-c2cccc(Br)c2)[nH]1. The molecule has 1 N–H and O–H groups in total. The summed E-state index contributed by atoms with van der Waals surface area (Å²) >= 11 is 3.55. The Balaban J connectivity index is 1.73. The van der Waals surface area contributed by atoms with Crippen LogP contribution >= 0.6 is 15.9 Å². The fourth-order valence-corrected chi connectivity index (χ4v) is 3.64. The van der Waals surface area contributed by atoms with Crippen molar-refractivity contribution in [1.29, 1.82) is 0 Å². The van der Waals surface area contributed by atoms with Crippen LogP contribution in [0.2, 0.25) is 0 Å². The van der Waals surface area contributed by atoms with E-state index in [0.29, 0.717) is 0 Å². The van der Waals surface area contributed by atoms with E-state index in [1.807, 2.05) is 12.3 Å². The second-order valence-electron chi connectivity index (χ2n) is 6.95. The molecule has 4 heteroatoms. The molecule has 1 heterocycles. The van der Waals surface area contributed by atoms with Crippen LogP contribution in [-0.2, 0) is 6.54 Å². The first-order valence-electron chi connectivity index (χ1n) is 9.86. The summed E-state index contributed by atoms with van der Waals surface area (Å²) < 4.78 is 1.08. The lowest BCUT2D eigenvalue weighted by Gasteiger charge is -2.22. The molecule has 0 saturated heterocycles. The highest BCUT2D eigenvalue weighted by Gasteiger charge is 2.12. The zero-order chi connectivity index (χ0) is 18.9. The second-order valence-corrected chi connectivity index (χ2v) is 7.87. The minimum atomic E-state index is 0.875. The van der Waals surface area contributed by atoms with E-state index in [2.05, 4.69) is 86.3 Å². The van der Waals surface area contributed by atoms with E-state index in [-0.39, 0.29) is 0 Å². The highest BCUT2D eigenvalue weighted by Crippen LogP contribution is 2.24. The number of imidazole rings is 1. The lowest BCUT2D eigenvalue weighted by molar-refractivity contribution is 0.613. The predicted molar refractivity (Wildman–Crippen MR) is 118 cm³/mol. The number of aromatic amines is 1. The largest absolute Gasteiger partial charge is 0.338 e. The standard InChI is InChI=1S/C23H28BrN3/c1-2-3-4-5-9-15-27(18-19-11-7-6-8-12-19)23-25-17-22(26-23)20-13-10-14-21(24)16-20/h6-8,10-14,16-17H,2-5,9,15,18H2,1H3,(H,25,26). The van der Waals surface area contributed by atoms with Gasteiger partial charge < -0.3 is 9.88 Å². The monoisotopic (exact) mass is 425 g/mol. The maximum absolute atomic E-state index is 4.69. The number of hydrogen-bond acceptors (Lipinski definition) is 2. The number of rotatable bonds is 10. The number of H-pyrrole nitrogens is 1. The normalized spacial score (nSPS) is 10.9. The van der Waals surface area contributed by atoms with Crippen LogP contribution in [0, 0.1) is 0 Å². The number of halogens is 1. The molecule has 0 saturated carbocycles. The van der Waals surface area contributed by atoms with Crippen molar-refractivity contribution in [2.24, 2.45) is 0 Å². The van der Waals surface area contributed by atoms with Crippen molar-refractivity contribution in [3.8, 4) is 11.3 Å². The average Bonchev–Trinajstić information content (AvgIpc) is 3.18. The Morgan fingerprint density at radius 2 is 1.78 bits per heavy atom. The van der Waals surface area contributed by atoms with Gasteiger partial charge in [0.15, 0.2) is 0 Å². The summed E-state index contributed by atoms with van der Waals surface area (Å²) in [5, 5.41) is 0. The van der Waals surface area contributed by atoms with E-state index >= 15 is 0 Å². The summed E-state index contributed by atoms with van der Waals surface area (Å²) in [6.07, 6.45) is 8.33. The molecule has 3 nitrogen and oxygen atoms in total. The van der Waals surface area contributed by atoms with Gasteiger partial charge in [-0.2, -0.15) is 0 Å². The summed E-state index contributed by atoms with van der Waals surface area (Å²) in [6, 6.07) is 18.9. The highest BCUT2D eigenvalue weighted by molar-refractivity contribution is 9.10. The Hall–Kier alpha value is -2.07. The maximum Gasteiger partial charge on any atom is 0.203 e. The number of benzene rings is 2. The summed E-state index contributed by atoms with van der Waals surface area (Å²) in [5.74, 6) is 0.948. The third-order valence-electron chi connectivity index (χ3n) is 4.75. The zero-order valence-electron chi connectivity index (χ0n) is 16.0. The Morgan fingerprint density at radius 3 is 2.56 bits per heavy atom. The molecule has 0 spiro atoms. The van der Waals surface area contributed by atoms with Crippen molar-refractivity contribution in [1.82, 2.24) is 9.97 Å². The molecular formula is C23H28BrN3. The van der Waals surface area contributed by atoms with Gasteiger partial charge in [-0.05, 0) is 24.1 Å². The van der Waals surface area contributed by atoms with Gasteiger partial charge in [-0.3, -0.25) is 0 Å². The topological polar surface area (TPSA) is 31.9 Å². The van der Waals surface area contributed by atoms with Gasteiger partial charge in [0.05, 0.1) is 11.9 Å². The first-order valence-corrected chi connectivity index (χ1v) is 10.7. The Labute approximate surface area is 171 Å². The van der Waals surface area contributed by atoms with Gasteiger partial charge in [-0.15, -0.1) is 0 Å². The lowest BCUT2D eigenvalue weighted by Crippen LogP contribution is -2.25. The molecule has 142 valence electrons. The van der Waals surface area contributed by atoms with Crippen LogP contribution in [0.4, 0.5) is 5.95 Å². The summed E-state index contributed by atoms with van der Waals surface area (Å²) in [7, 11) is 0. The first kappa shape index (κ1) is 19.7. The van der Waals surface area contributed by atoms with Crippen LogP contribution in [0.25, 0.3) is 11.3 Å². The molecule has 0 unspecified atom stereocenters. The molecule has 27 heavy (non-hydrogen) atoms. The van der Waals surface area contributed by atoms with Crippen molar-refractivity contribution in [2.45, 2.75) is 45.6 Å². The van der Waals surface area contributed by atoms with E-state index in [1.54, 1.807) is 0 Å². The van der Waals surface area contributed by atoms with Gasteiger partial charge in [0.1, 0.15) is 0 Å². The lowest BCUT2D eigenvalue weighted by atomic mass is 10.1. The minimum Gasteiger partial charge on any atom is -0.338 e. The van der Waals surface area contributed by atoms with Gasteiger partial charge in [0.25, 0.3) is 0 Å². The summed E-state index contributed by atoms with van der Waals surface area (Å²) in [5.41, 5.74) is 3.51. The highest BCUT2D eigenvalue weighted by atomic mass is 79.9. The predicted octanol–water partition coefficient (Wildman–Crippen LogP) is 6.82. The summed E-state index contributed by atoms with van der Waals surface area (Å²) in [6.45, 7) is 4.15. The van der Waals surface area contributed by atoms with Crippen LogP contribution in [0.1, 0.15) is 44.6 Å². The van der Waals surface area contributed by atoms with Crippen LogP contribution in [0.15, 0.2) is 65.3 Å². The van der Waals surface area contributed by atoms with Crippen molar-refractivity contribution in [2.75, 3.05) is 11.4 Å². The molecule has 0 aliphatic heterocycles. The molecule has 0 aliphatic carbocycles. The van der Waals surface area contributed by atoms with E-state index in [1.165, 1.54) is 37.7 Å². The Kier molecular flexibility index (Phi) is 7.52. The fourth-order valence-electron chi connectivity index (χ4n) is 3.24. The van der Waals surface area contributed by atoms with Gasteiger partial charge in [0.2, 0.25) is 5.95 Å². The second kappa shape index (κ2) is 10.3. The van der Waals surface area contributed by atoms with Crippen LogP contribution in [0.5, 0.6) is 0 Å². The third kappa shape index (κ3) is 5.96. The van der Waals surface area contributed by atoms with Gasteiger partial charge in [0, 0.05) is 23.1 Å². The number of hydrogen-bond donors (Lipinski definition) is 1. The van der Waals surface area contributed by atoms with Crippen molar-refractivity contribution in [3.05, 3.63) is 70.8 Å². The van der Waals surface area contributed by atoms with E-state index in [9.17, 15) is 0 Å². The molecule has 1 aromatic heterocycles. The summed E-state index contributed by atoms with van der Waals surface area (Å²) in [4.78, 5) is 10.6. The van der Waals surface area contributed by atoms with Gasteiger partial charge in [-0.25, -0.2) is 4.98 Å². The number of aromatic nitrogens is 2. The van der Waals surface area contributed by atoms with E-state index < -0.39 is 0 Å². The quantitative estimate of drug-likeness (QED) is 0.361.